The quantitative estimate of drug-likeness (QED) is 0.817. The number of aliphatic hydroxyl groups excluding tert-OH is 2. The second-order valence-electron chi connectivity index (χ2n) is 3.89. The number of esters is 1. The van der Waals surface area contributed by atoms with Gasteiger partial charge in [-0.1, -0.05) is 0 Å². The summed E-state index contributed by atoms with van der Waals surface area (Å²) < 4.78 is 18.4. The number of hydrogen-bond donors (Lipinski definition) is 2. The summed E-state index contributed by atoms with van der Waals surface area (Å²) in [7, 11) is 0. The molecule has 18 heavy (non-hydrogen) atoms. The van der Waals surface area contributed by atoms with Crippen LogP contribution in [0.2, 0.25) is 0 Å². The second-order valence-corrected chi connectivity index (χ2v) is 4.95. The fourth-order valence-electron chi connectivity index (χ4n) is 1.79. The number of halogens is 1. The Labute approximate surface area is 108 Å². The number of carbonyl (C=O) groups excluding carboxylic acids is 1. The first-order valence-corrected chi connectivity index (χ1v) is 6.52. The summed E-state index contributed by atoms with van der Waals surface area (Å²) in [6.07, 6.45) is -2.35. The van der Waals surface area contributed by atoms with Gasteiger partial charge in [0.1, 0.15) is 5.82 Å². The van der Waals surface area contributed by atoms with Crippen molar-refractivity contribution in [1.82, 2.24) is 0 Å². The maximum atomic E-state index is 13.8. The summed E-state index contributed by atoms with van der Waals surface area (Å²) in [6, 6.07) is 2.56. The van der Waals surface area contributed by atoms with Crippen LogP contribution in [0, 0.1) is 5.82 Å². The van der Waals surface area contributed by atoms with Gasteiger partial charge in [0.05, 0.1) is 12.7 Å². The zero-order valence-corrected chi connectivity index (χ0v) is 10.5. The second kappa shape index (κ2) is 5.26. The molecule has 6 heteroatoms. The molecule has 0 saturated carbocycles. The highest BCUT2D eigenvalue weighted by Gasteiger charge is 2.28. The molecule has 1 aliphatic rings. The van der Waals surface area contributed by atoms with Gasteiger partial charge in [0.2, 0.25) is 0 Å². The smallest absolute Gasteiger partial charge is 0.339 e. The number of fused-ring (bicyclic) bond motifs is 1. The summed E-state index contributed by atoms with van der Waals surface area (Å²) in [4.78, 5) is 12.0. The number of carbonyl (C=O) groups is 1. The van der Waals surface area contributed by atoms with E-state index in [1.807, 2.05) is 0 Å². The van der Waals surface area contributed by atoms with Crippen LogP contribution in [-0.2, 0) is 9.53 Å². The van der Waals surface area contributed by atoms with Crippen molar-refractivity contribution in [2.45, 2.75) is 24.0 Å². The fourth-order valence-corrected chi connectivity index (χ4v) is 2.86. The lowest BCUT2D eigenvalue weighted by Crippen LogP contribution is -2.17. The first-order valence-electron chi connectivity index (χ1n) is 5.53. The van der Waals surface area contributed by atoms with E-state index in [0.717, 1.165) is 0 Å². The third-order valence-corrected chi connectivity index (χ3v) is 3.84. The average molecular weight is 272 g/mol. The molecule has 0 bridgehead atoms. The number of ether oxygens (including phenoxy) is 1. The molecule has 2 unspecified atom stereocenters. The predicted octanol–water partition coefficient (Wildman–Crippen LogP) is 1.56. The maximum Gasteiger partial charge on any atom is 0.339 e. The molecule has 0 amide bonds. The van der Waals surface area contributed by atoms with E-state index in [9.17, 15) is 19.4 Å². The molecule has 0 aliphatic carbocycles. The average Bonchev–Trinajstić information content (AvgIpc) is 2.69. The molecule has 4 nitrogen and oxygen atoms in total. The Balaban J connectivity index is 2.34. The Morgan fingerprint density at radius 3 is 3.06 bits per heavy atom. The van der Waals surface area contributed by atoms with E-state index in [-0.39, 0.29) is 12.2 Å². The first kappa shape index (κ1) is 13.3. The monoisotopic (exact) mass is 272 g/mol. The molecule has 2 N–H and O–H groups in total. The zero-order valence-electron chi connectivity index (χ0n) is 9.72. The molecule has 1 aromatic carbocycles. The lowest BCUT2D eigenvalue weighted by atomic mass is 10.0. The number of benzene rings is 1. The normalized spacial score (nSPS) is 19.4. The van der Waals surface area contributed by atoms with Gasteiger partial charge in [-0.2, -0.15) is 0 Å². The van der Waals surface area contributed by atoms with Gasteiger partial charge in [0.25, 0.3) is 0 Å². The van der Waals surface area contributed by atoms with E-state index in [4.69, 9.17) is 0 Å². The number of rotatable bonds is 3. The van der Waals surface area contributed by atoms with Crippen LogP contribution < -0.4 is 0 Å². The molecular weight excluding hydrogens is 259 g/mol. The van der Waals surface area contributed by atoms with Crippen LogP contribution in [0.1, 0.15) is 30.3 Å². The Hall–Kier alpha value is -1.11. The van der Waals surface area contributed by atoms with Gasteiger partial charge < -0.3 is 14.9 Å². The summed E-state index contributed by atoms with van der Waals surface area (Å²) in [5, 5.41) is 19.4. The third-order valence-electron chi connectivity index (χ3n) is 2.69. The lowest BCUT2D eigenvalue weighted by Gasteiger charge is -2.13. The van der Waals surface area contributed by atoms with Gasteiger partial charge in [-0.25, -0.2) is 9.18 Å². The van der Waals surface area contributed by atoms with Gasteiger partial charge >= 0.3 is 5.97 Å². The van der Waals surface area contributed by atoms with Crippen LogP contribution in [0.3, 0.4) is 0 Å². The van der Waals surface area contributed by atoms with Gasteiger partial charge in [-0.05, 0) is 24.6 Å². The van der Waals surface area contributed by atoms with Crippen LogP contribution in [0.15, 0.2) is 17.0 Å². The minimum absolute atomic E-state index is 0.112. The van der Waals surface area contributed by atoms with Crippen molar-refractivity contribution in [2.24, 2.45) is 0 Å². The molecule has 2 rings (SSSR count). The molecule has 98 valence electrons. The van der Waals surface area contributed by atoms with Gasteiger partial charge in [0, 0.05) is 16.2 Å². The molecular formula is C12H13FO4S. The Bertz CT molecular complexity index is 477. The summed E-state index contributed by atoms with van der Waals surface area (Å²) >= 11 is 1.34. The first-order chi connectivity index (χ1) is 8.54. The van der Waals surface area contributed by atoms with Crippen LogP contribution >= 0.6 is 11.8 Å². The standard InChI is InChI=1S/C12H13FO4S/c1-2-17-12(16)11(15)6-3-7-9(14)5-18-10(7)4-8(6)13/h3-4,9,11,14-15H,2,5H2,1H3. The molecule has 2 atom stereocenters. The highest BCUT2D eigenvalue weighted by Crippen LogP contribution is 2.40. The summed E-state index contributed by atoms with van der Waals surface area (Å²) in [6.45, 7) is 1.71. The maximum absolute atomic E-state index is 13.8. The number of aliphatic hydroxyl groups is 2. The topological polar surface area (TPSA) is 66.8 Å². The van der Waals surface area contributed by atoms with Crippen molar-refractivity contribution in [3.05, 3.63) is 29.1 Å². The number of thioether (sulfide) groups is 1. The van der Waals surface area contributed by atoms with E-state index in [2.05, 4.69) is 4.74 Å². The molecule has 0 spiro atoms. The molecule has 1 heterocycles. The zero-order chi connectivity index (χ0) is 13.3. The SMILES string of the molecule is CCOC(=O)C(O)c1cc2c(cc1F)SCC2O. The highest BCUT2D eigenvalue weighted by molar-refractivity contribution is 7.99. The molecule has 0 aromatic heterocycles. The van der Waals surface area contributed by atoms with Crippen LogP contribution in [-0.4, -0.2) is 28.5 Å². The van der Waals surface area contributed by atoms with Crippen LogP contribution in [0.5, 0.6) is 0 Å². The molecule has 0 radical (unpaired) electrons. The van der Waals surface area contributed by atoms with E-state index in [1.165, 1.54) is 23.9 Å². The van der Waals surface area contributed by atoms with Crippen molar-refractivity contribution in [3.63, 3.8) is 0 Å². The van der Waals surface area contributed by atoms with Gasteiger partial charge in [0.15, 0.2) is 6.10 Å². The van der Waals surface area contributed by atoms with E-state index >= 15 is 0 Å². The van der Waals surface area contributed by atoms with Gasteiger partial charge in [-0.15, -0.1) is 11.8 Å². The van der Waals surface area contributed by atoms with E-state index in [0.29, 0.717) is 16.2 Å². The van der Waals surface area contributed by atoms with Crippen molar-refractivity contribution in [3.8, 4) is 0 Å². The Morgan fingerprint density at radius 2 is 2.39 bits per heavy atom. The predicted molar refractivity (Wildman–Crippen MR) is 63.7 cm³/mol. The molecule has 0 fully saturated rings. The summed E-state index contributed by atoms with van der Waals surface area (Å²) in [5.41, 5.74) is 0.383. The fraction of sp³-hybridized carbons (Fsp3) is 0.417. The third kappa shape index (κ3) is 2.36. The van der Waals surface area contributed by atoms with Crippen molar-refractivity contribution in [1.29, 1.82) is 0 Å². The Kier molecular flexibility index (Phi) is 3.89. The lowest BCUT2D eigenvalue weighted by molar-refractivity contribution is -0.153. The molecule has 1 aromatic rings. The van der Waals surface area contributed by atoms with Crippen molar-refractivity contribution >= 4 is 17.7 Å². The van der Waals surface area contributed by atoms with Crippen LogP contribution in [0.4, 0.5) is 4.39 Å². The largest absolute Gasteiger partial charge is 0.464 e. The summed E-state index contributed by atoms with van der Waals surface area (Å²) in [5.74, 6) is -1.11. The highest BCUT2D eigenvalue weighted by atomic mass is 32.2. The van der Waals surface area contributed by atoms with E-state index < -0.39 is 24.0 Å². The minimum atomic E-state index is -1.66. The Morgan fingerprint density at radius 1 is 1.67 bits per heavy atom. The molecule has 0 saturated heterocycles. The van der Waals surface area contributed by atoms with E-state index in [1.54, 1.807) is 6.92 Å². The molecule has 1 aliphatic heterocycles. The van der Waals surface area contributed by atoms with Gasteiger partial charge in [-0.3, -0.25) is 0 Å². The van der Waals surface area contributed by atoms with Crippen LogP contribution in [0.25, 0.3) is 0 Å². The van der Waals surface area contributed by atoms with Crippen molar-refractivity contribution < 1.29 is 24.1 Å². The minimum Gasteiger partial charge on any atom is -0.464 e. The van der Waals surface area contributed by atoms with Crippen molar-refractivity contribution in [2.75, 3.05) is 12.4 Å². The number of hydrogen-bond acceptors (Lipinski definition) is 5.